The van der Waals surface area contributed by atoms with Crippen LogP contribution in [0.4, 0.5) is 10.2 Å². The van der Waals surface area contributed by atoms with Gasteiger partial charge in [0, 0.05) is 6.20 Å². The second-order valence-electron chi connectivity index (χ2n) is 3.72. The summed E-state index contributed by atoms with van der Waals surface area (Å²) in [7, 11) is 0. The Balaban J connectivity index is 2.32. The lowest BCUT2D eigenvalue weighted by Gasteiger charge is -2.16. The third-order valence-corrected chi connectivity index (χ3v) is 2.59. The van der Waals surface area contributed by atoms with Gasteiger partial charge in [0.05, 0.1) is 6.61 Å². The zero-order chi connectivity index (χ0) is 12.6. The number of ether oxygens (including phenoxy) is 1. The second-order valence-corrected chi connectivity index (χ2v) is 3.72. The van der Waals surface area contributed by atoms with E-state index in [1.807, 2.05) is 0 Å². The molecular formula is C9H12FN3O4. The van der Waals surface area contributed by atoms with Gasteiger partial charge in [-0.3, -0.25) is 4.57 Å². The van der Waals surface area contributed by atoms with E-state index in [1.165, 1.54) is 12.3 Å². The Morgan fingerprint density at radius 1 is 1.65 bits per heavy atom. The van der Waals surface area contributed by atoms with Gasteiger partial charge >= 0.3 is 5.69 Å². The predicted octanol–water partition coefficient (Wildman–Crippen LogP) is -1.59. The fourth-order valence-electron chi connectivity index (χ4n) is 1.71. The smallest absolute Gasteiger partial charge is 0.351 e. The Bertz CT molecular complexity index is 466. The standard InChI is InChI=1S/C9H12FN3O4/c10-6-4(3-14)17-8(7(6)15)13-2-1-5(11)12-9(13)16/h1-2,4,6-8,14-15H,3H2,(H2,11,12,16)/t4-,6?,7?,8-/m1/s1. The Hall–Kier alpha value is -1.51. The minimum Gasteiger partial charge on any atom is -0.394 e. The van der Waals surface area contributed by atoms with Gasteiger partial charge in [-0.25, -0.2) is 9.18 Å². The average molecular weight is 245 g/mol. The van der Waals surface area contributed by atoms with Crippen LogP contribution < -0.4 is 11.4 Å². The van der Waals surface area contributed by atoms with Gasteiger partial charge in [-0.05, 0) is 6.07 Å². The van der Waals surface area contributed by atoms with Crippen LogP contribution in [-0.2, 0) is 4.74 Å². The third kappa shape index (κ3) is 2.02. The summed E-state index contributed by atoms with van der Waals surface area (Å²) in [6, 6.07) is 1.33. The number of hydrogen-bond acceptors (Lipinski definition) is 6. The van der Waals surface area contributed by atoms with E-state index in [4.69, 9.17) is 15.6 Å². The molecule has 1 aromatic rings. The van der Waals surface area contributed by atoms with Crippen LogP contribution in [0, 0.1) is 0 Å². The molecule has 0 radical (unpaired) electrons. The molecule has 4 atom stereocenters. The number of nitrogen functional groups attached to an aromatic ring is 1. The van der Waals surface area contributed by atoms with Crippen molar-refractivity contribution in [2.75, 3.05) is 12.3 Å². The Kier molecular flexibility index (Phi) is 3.09. The Morgan fingerprint density at radius 2 is 2.35 bits per heavy atom. The topological polar surface area (TPSA) is 111 Å². The van der Waals surface area contributed by atoms with E-state index in [1.54, 1.807) is 0 Å². The average Bonchev–Trinajstić information content (AvgIpc) is 2.57. The van der Waals surface area contributed by atoms with Crippen LogP contribution in [0.25, 0.3) is 0 Å². The lowest BCUT2D eigenvalue weighted by Crippen LogP contribution is -2.34. The van der Waals surface area contributed by atoms with E-state index in [9.17, 15) is 14.3 Å². The minimum atomic E-state index is -1.76. The number of alkyl halides is 1. The number of rotatable bonds is 2. The van der Waals surface area contributed by atoms with E-state index in [0.29, 0.717) is 0 Å². The summed E-state index contributed by atoms with van der Waals surface area (Å²) in [5.41, 5.74) is 4.55. The van der Waals surface area contributed by atoms with Crippen molar-refractivity contribution in [1.29, 1.82) is 0 Å². The summed E-state index contributed by atoms with van der Waals surface area (Å²) >= 11 is 0. The first kappa shape index (κ1) is 12.0. The molecule has 17 heavy (non-hydrogen) atoms. The molecular weight excluding hydrogens is 233 g/mol. The van der Waals surface area contributed by atoms with Gasteiger partial charge in [-0.15, -0.1) is 0 Å². The molecule has 1 aromatic heterocycles. The summed E-state index contributed by atoms with van der Waals surface area (Å²) in [4.78, 5) is 14.9. The number of nitrogens with two attached hydrogens (primary N) is 1. The number of aliphatic hydroxyl groups is 2. The molecule has 4 N–H and O–H groups in total. The molecule has 0 saturated carbocycles. The summed E-state index contributed by atoms with van der Waals surface area (Å²) < 4.78 is 19.4. The Morgan fingerprint density at radius 3 is 2.88 bits per heavy atom. The van der Waals surface area contributed by atoms with Crippen molar-refractivity contribution in [3.05, 3.63) is 22.7 Å². The molecule has 1 fully saturated rings. The number of aromatic nitrogens is 2. The summed E-state index contributed by atoms with van der Waals surface area (Å²) in [5.74, 6) is 0.0224. The maximum absolute atomic E-state index is 13.4. The van der Waals surface area contributed by atoms with Crippen LogP contribution >= 0.6 is 0 Å². The molecule has 2 heterocycles. The summed E-state index contributed by atoms with van der Waals surface area (Å²) in [5, 5.41) is 18.4. The molecule has 0 bridgehead atoms. The lowest BCUT2D eigenvalue weighted by molar-refractivity contribution is -0.0536. The van der Waals surface area contributed by atoms with E-state index < -0.39 is 36.9 Å². The molecule has 2 rings (SSSR count). The van der Waals surface area contributed by atoms with Crippen LogP contribution in [-0.4, -0.2) is 44.8 Å². The molecule has 2 unspecified atom stereocenters. The molecule has 7 nitrogen and oxygen atoms in total. The van der Waals surface area contributed by atoms with Crippen LogP contribution in [0.3, 0.4) is 0 Å². The van der Waals surface area contributed by atoms with Crippen molar-refractivity contribution < 1.29 is 19.3 Å². The number of hydrogen-bond donors (Lipinski definition) is 3. The van der Waals surface area contributed by atoms with Crippen LogP contribution in [0.1, 0.15) is 6.23 Å². The highest BCUT2D eigenvalue weighted by Crippen LogP contribution is 2.30. The molecule has 94 valence electrons. The van der Waals surface area contributed by atoms with E-state index >= 15 is 0 Å². The fourth-order valence-corrected chi connectivity index (χ4v) is 1.71. The fraction of sp³-hybridized carbons (Fsp3) is 0.556. The van der Waals surface area contributed by atoms with Crippen molar-refractivity contribution in [3.63, 3.8) is 0 Å². The highest BCUT2D eigenvalue weighted by Gasteiger charge is 2.45. The van der Waals surface area contributed by atoms with E-state index in [0.717, 1.165) is 4.57 Å². The molecule has 1 aliphatic heterocycles. The first-order valence-corrected chi connectivity index (χ1v) is 4.97. The van der Waals surface area contributed by atoms with E-state index in [-0.39, 0.29) is 5.82 Å². The van der Waals surface area contributed by atoms with Gasteiger partial charge in [0.2, 0.25) is 0 Å². The van der Waals surface area contributed by atoms with Crippen molar-refractivity contribution >= 4 is 5.82 Å². The predicted molar refractivity (Wildman–Crippen MR) is 54.8 cm³/mol. The second kappa shape index (κ2) is 4.40. The van der Waals surface area contributed by atoms with Crippen LogP contribution in [0.2, 0.25) is 0 Å². The largest absolute Gasteiger partial charge is 0.394 e. The van der Waals surface area contributed by atoms with Gasteiger partial charge in [0.25, 0.3) is 0 Å². The van der Waals surface area contributed by atoms with Crippen molar-refractivity contribution in [1.82, 2.24) is 9.55 Å². The van der Waals surface area contributed by atoms with Gasteiger partial charge < -0.3 is 20.7 Å². The highest BCUT2D eigenvalue weighted by molar-refractivity contribution is 5.23. The summed E-state index contributed by atoms with van der Waals surface area (Å²) in [6.07, 6.45) is -4.39. The zero-order valence-electron chi connectivity index (χ0n) is 8.73. The first-order valence-electron chi connectivity index (χ1n) is 4.97. The Labute approximate surface area is 95.3 Å². The lowest BCUT2D eigenvalue weighted by atomic mass is 10.1. The van der Waals surface area contributed by atoms with Crippen molar-refractivity contribution in [2.45, 2.75) is 24.6 Å². The molecule has 0 aromatic carbocycles. The maximum Gasteiger partial charge on any atom is 0.351 e. The van der Waals surface area contributed by atoms with Crippen molar-refractivity contribution in [3.8, 4) is 0 Å². The number of anilines is 1. The number of nitrogens with zero attached hydrogens (tertiary/aromatic N) is 2. The van der Waals surface area contributed by atoms with Crippen molar-refractivity contribution in [2.24, 2.45) is 0 Å². The molecule has 1 saturated heterocycles. The molecule has 0 spiro atoms. The van der Waals surface area contributed by atoms with Gasteiger partial charge in [0.1, 0.15) is 18.0 Å². The summed E-state index contributed by atoms with van der Waals surface area (Å²) in [6.45, 7) is -0.578. The zero-order valence-corrected chi connectivity index (χ0v) is 8.73. The molecule has 8 heteroatoms. The SMILES string of the molecule is Nc1ccn([C@@H]2O[C@H](CO)C(F)C2O)c(=O)n1. The molecule has 0 aliphatic carbocycles. The maximum atomic E-state index is 13.4. The van der Waals surface area contributed by atoms with Crippen LogP contribution in [0.5, 0.6) is 0 Å². The van der Waals surface area contributed by atoms with Gasteiger partial charge in [-0.1, -0.05) is 0 Å². The van der Waals surface area contributed by atoms with Gasteiger partial charge in [0.15, 0.2) is 12.4 Å². The highest BCUT2D eigenvalue weighted by atomic mass is 19.1. The monoisotopic (exact) mass is 245 g/mol. The molecule has 1 aliphatic rings. The van der Waals surface area contributed by atoms with E-state index in [2.05, 4.69) is 4.98 Å². The molecule has 0 amide bonds. The van der Waals surface area contributed by atoms with Crippen LogP contribution in [0.15, 0.2) is 17.1 Å². The van der Waals surface area contributed by atoms with Gasteiger partial charge in [-0.2, -0.15) is 4.98 Å². The normalized spacial score (nSPS) is 32.9. The number of halogens is 1. The third-order valence-electron chi connectivity index (χ3n) is 2.59. The minimum absolute atomic E-state index is 0.0224. The first-order chi connectivity index (χ1) is 8.04. The quantitative estimate of drug-likeness (QED) is 0.579. The number of aliphatic hydroxyl groups excluding tert-OH is 2.